The molecule has 0 saturated carbocycles. The number of anilines is 1. The van der Waals surface area contributed by atoms with Gasteiger partial charge in [-0.25, -0.2) is 9.78 Å². The Morgan fingerprint density at radius 2 is 1.66 bits per heavy atom. The second-order valence-electron chi connectivity index (χ2n) is 5.77. The highest BCUT2D eigenvalue weighted by molar-refractivity contribution is 7.98. The number of carbonyl (C=O) groups is 2. The highest BCUT2D eigenvalue weighted by Crippen LogP contribution is 2.20. The van der Waals surface area contributed by atoms with E-state index < -0.39 is 18.5 Å². The first-order chi connectivity index (χ1) is 14.2. The summed E-state index contributed by atoms with van der Waals surface area (Å²) in [6, 6.07) is 19.5. The summed E-state index contributed by atoms with van der Waals surface area (Å²) in [7, 11) is 0. The second-order valence-corrected chi connectivity index (χ2v) is 6.56. The lowest BCUT2D eigenvalue weighted by Gasteiger charge is -2.08. The minimum absolute atomic E-state index is 0.334. The number of rotatable bonds is 7. The van der Waals surface area contributed by atoms with Crippen molar-refractivity contribution in [2.24, 2.45) is 10.2 Å². The number of hydrogen-bond acceptors (Lipinski definition) is 7. The summed E-state index contributed by atoms with van der Waals surface area (Å²) in [6.45, 7) is -0.392. The third-order valence-electron chi connectivity index (χ3n) is 3.71. The third-order valence-corrected chi connectivity index (χ3v) is 4.42. The average Bonchev–Trinajstić information content (AvgIpc) is 2.77. The fourth-order valence-electron chi connectivity index (χ4n) is 2.34. The van der Waals surface area contributed by atoms with Crippen LogP contribution in [0.25, 0.3) is 0 Å². The van der Waals surface area contributed by atoms with Crippen LogP contribution in [0.2, 0.25) is 0 Å². The molecule has 0 radical (unpaired) electrons. The molecule has 0 bridgehead atoms. The zero-order chi connectivity index (χ0) is 20.5. The van der Waals surface area contributed by atoms with Gasteiger partial charge in [-0.1, -0.05) is 18.2 Å². The number of amides is 1. The largest absolute Gasteiger partial charge is 0.452 e. The number of aromatic nitrogens is 1. The summed E-state index contributed by atoms with van der Waals surface area (Å²) in [4.78, 5) is 28.3. The Morgan fingerprint density at radius 3 is 2.34 bits per heavy atom. The van der Waals surface area contributed by atoms with Crippen LogP contribution in [0.1, 0.15) is 10.4 Å². The van der Waals surface area contributed by atoms with E-state index in [0.29, 0.717) is 22.0 Å². The summed E-state index contributed by atoms with van der Waals surface area (Å²) in [5.74, 6) is -1.03. The molecular formula is C21H18N4O3S. The van der Waals surface area contributed by atoms with E-state index in [1.807, 2.05) is 36.6 Å². The zero-order valence-electron chi connectivity index (χ0n) is 15.6. The molecule has 0 unspecified atom stereocenters. The summed E-state index contributed by atoms with van der Waals surface area (Å²) < 4.78 is 5.08. The predicted octanol–water partition coefficient (Wildman–Crippen LogP) is 5.01. The topological polar surface area (TPSA) is 93.0 Å². The van der Waals surface area contributed by atoms with Crippen molar-refractivity contribution in [3.63, 3.8) is 0 Å². The Labute approximate surface area is 172 Å². The lowest BCUT2D eigenvalue weighted by Crippen LogP contribution is -2.21. The van der Waals surface area contributed by atoms with Crippen molar-refractivity contribution >= 4 is 40.7 Å². The number of nitrogens with one attached hydrogen (secondary N) is 1. The zero-order valence-corrected chi connectivity index (χ0v) is 16.4. The first-order valence-electron chi connectivity index (χ1n) is 8.68. The van der Waals surface area contributed by atoms with Gasteiger partial charge in [0.25, 0.3) is 5.91 Å². The molecule has 0 aliphatic carbocycles. The van der Waals surface area contributed by atoms with Crippen molar-refractivity contribution in [2.75, 3.05) is 18.2 Å². The van der Waals surface area contributed by atoms with E-state index >= 15 is 0 Å². The van der Waals surface area contributed by atoms with Gasteiger partial charge in [0.1, 0.15) is 5.03 Å². The van der Waals surface area contributed by atoms with E-state index in [1.54, 1.807) is 42.6 Å². The van der Waals surface area contributed by atoms with Crippen LogP contribution in [0.5, 0.6) is 0 Å². The minimum Gasteiger partial charge on any atom is -0.452 e. The number of esters is 1. The van der Waals surface area contributed by atoms with E-state index in [1.165, 1.54) is 11.8 Å². The summed E-state index contributed by atoms with van der Waals surface area (Å²) >= 11 is 1.34. The maximum atomic E-state index is 12.1. The predicted molar refractivity (Wildman–Crippen MR) is 112 cm³/mol. The number of nitrogens with zero attached hydrogens (tertiary/aromatic N) is 3. The van der Waals surface area contributed by atoms with Crippen LogP contribution in [0, 0.1) is 0 Å². The van der Waals surface area contributed by atoms with Gasteiger partial charge in [-0.3, -0.25) is 4.79 Å². The van der Waals surface area contributed by atoms with E-state index in [-0.39, 0.29) is 0 Å². The molecule has 0 fully saturated rings. The minimum atomic E-state index is -0.589. The third kappa shape index (κ3) is 5.98. The van der Waals surface area contributed by atoms with Crippen LogP contribution >= 0.6 is 11.8 Å². The number of thioether (sulfide) groups is 1. The van der Waals surface area contributed by atoms with Crippen LogP contribution in [-0.4, -0.2) is 29.7 Å². The van der Waals surface area contributed by atoms with Crippen molar-refractivity contribution in [3.05, 3.63) is 78.5 Å². The van der Waals surface area contributed by atoms with E-state index in [2.05, 4.69) is 20.5 Å². The summed E-state index contributed by atoms with van der Waals surface area (Å²) in [5, 5.41) is 11.5. The van der Waals surface area contributed by atoms with Gasteiger partial charge in [-0.05, 0) is 54.8 Å². The van der Waals surface area contributed by atoms with Gasteiger partial charge in [0.2, 0.25) is 0 Å². The molecule has 1 aromatic heterocycles. The molecule has 146 valence electrons. The Balaban J connectivity index is 1.51. The fraction of sp³-hybridized carbons (Fsp3) is 0.0952. The molecule has 8 heteroatoms. The van der Waals surface area contributed by atoms with Crippen molar-refractivity contribution < 1.29 is 14.3 Å². The molecule has 29 heavy (non-hydrogen) atoms. The lowest BCUT2D eigenvalue weighted by atomic mass is 10.3. The Kier molecular flexibility index (Phi) is 7.07. The summed E-state index contributed by atoms with van der Waals surface area (Å²) in [6.07, 6.45) is 3.41. The van der Waals surface area contributed by atoms with Gasteiger partial charge in [0, 0.05) is 11.9 Å². The Hall–Kier alpha value is -3.52. The quantitative estimate of drug-likeness (QED) is 0.338. The standard InChI is InChI=1S/C21H18N4O3S/c1-29-20-18(8-5-13-22-20)21(27)28-14-19(26)23-15-9-11-17(12-10-15)25-24-16-6-3-2-4-7-16/h2-13H,14H2,1H3,(H,23,26). The molecule has 0 aliphatic heterocycles. The van der Waals surface area contributed by atoms with Crippen molar-refractivity contribution in [2.45, 2.75) is 5.03 Å². The smallest absolute Gasteiger partial charge is 0.341 e. The molecule has 1 amide bonds. The molecule has 0 saturated heterocycles. The number of carbonyl (C=O) groups excluding carboxylic acids is 2. The number of benzene rings is 2. The molecular weight excluding hydrogens is 388 g/mol. The number of pyridine rings is 1. The van der Waals surface area contributed by atoms with Crippen molar-refractivity contribution in [1.82, 2.24) is 4.98 Å². The summed E-state index contributed by atoms with van der Waals surface area (Å²) in [5.41, 5.74) is 2.31. The van der Waals surface area contributed by atoms with Gasteiger partial charge in [0.05, 0.1) is 16.9 Å². The van der Waals surface area contributed by atoms with Crippen LogP contribution < -0.4 is 5.32 Å². The van der Waals surface area contributed by atoms with Gasteiger partial charge in [0.15, 0.2) is 6.61 Å². The first kappa shape index (κ1) is 20.2. The fourth-order valence-corrected chi connectivity index (χ4v) is 2.87. The molecule has 3 aromatic rings. The maximum absolute atomic E-state index is 12.1. The van der Waals surface area contributed by atoms with Gasteiger partial charge in [-0.15, -0.1) is 11.8 Å². The second kappa shape index (κ2) is 10.1. The molecule has 0 atom stereocenters. The van der Waals surface area contributed by atoms with Crippen LogP contribution in [0.4, 0.5) is 17.1 Å². The number of hydrogen-bond donors (Lipinski definition) is 1. The molecule has 0 aliphatic rings. The number of azo groups is 1. The highest BCUT2D eigenvalue weighted by Gasteiger charge is 2.14. The SMILES string of the molecule is CSc1ncccc1C(=O)OCC(=O)Nc1ccc(N=Nc2ccccc2)cc1. The van der Waals surface area contributed by atoms with E-state index in [9.17, 15) is 9.59 Å². The maximum Gasteiger partial charge on any atom is 0.341 e. The first-order valence-corrected chi connectivity index (χ1v) is 9.91. The van der Waals surface area contributed by atoms with E-state index in [4.69, 9.17) is 4.74 Å². The Bertz CT molecular complexity index is 1010. The van der Waals surface area contributed by atoms with Crippen LogP contribution in [0.15, 0.2) is 88.2 Å². The van der Waals surface area contributed by atoms with Gasteiger partial charge >= 0.3 is 5.97 Å². The molecule has 1 heterocycles. The van der Waals surface area contributed by atoms with Crippen LogP contribution in [0.3, 0.4) is 0 Å². The highest BCUT2D eigenvalue weighted by atomic mass is 32.2. The molecule has 2 aromatic carbocycles. The molecule has 1 N–H and O–H groups in total. The van der Waals surface area contributed by atoms with Crippen molar-refractivity contribution in [3.8, 4) is 0 Å². The van der Waals surface area contributed by atoms with Gasteiger partial charge in [-0.2, -0.15) is 10.2 Å². The molecule has 7 nitrogen and oxygen atoms in total. The number of ether oxygens (including phenoxy) is 1. The average molecular weight is 406 g/mol. The Morgan fingerprint density at radius 1 is 0.966 bits per heavy atom. The van der Waals surface area contributed by atoms with Crippen LogP contribution in [-0.2, 0) is 9.53 Å². The molecule has 0 spiro atoms. The van der Waals surface area contributed by atoms with E-state index in [0.717, 1.165) is 5.69 Å². The van der Waals surface area contributed by atoms with Gasteiger partial charge < -0.3 is 10.1 Å². The normalized spacial score (nSPS) is 10.7. The van der Waals surface area contributed by atoms with Crippen molar-refractivity contribution in [1.29, 1.82) is 0 Å². The molecule has 3 rings (SSSR count). The lowest BCUT2D eigenvalue weighted by molar-refractivity contribution is -0.119. The monoisotopic (exact) mass is 406 g/mol.